The van der Waals surface area contributed by atoms with Crippen molar-refractivity contribution in [3.8, 4) is 0 Å². The number of rotatable bonds is 12. The first-order valence-electron chi connectivity index (χ1n) is 12.7. The van der Waals surface area contributed by atoms with E-state index >= 15 is 0 Å². The highest BCUT2D eigenvalue weighted by atomic mass is 16.7. The van der Waals surface area contributed by atoms with Gasteiger partial charge in [-0.3, -0.25) is 0 Å². The van der Waals surface area contributed by atoms with Crippen LogP contribution in [0.15, 0.2) is 104 Å². The lowest BCUT2D eigenvalue weighted by Gasteiger charge is -2.44. The third-order valence-electron chi connectivity index (χ3n) is 6.23. The van der Waals surface area contributed by atoms with Crippen LogP contribution in [0.3, 0.4) is 0 Å². The largest absolute Gasteiger partial charge is 0.450 e. The molecule has 1 N–H and O–H groups in total. The average Bonchev–Trinajstić information content (AvgIpc) is 2.96. The minimum absolute atomic E-state index is 0.0862. The lowest BCUT2D eigenvalue weighted by Crippen LogP contribution is -2.61. The van der Waals surface area contributed by atoms with E-state index in [1.54, 1.807) is 37.3 Å². The topological polar surface area (TPSA) is 83.5 Å². The Hall–Kier alpha value is -3.33. The number of esters is 1. The van der Waals surface area contributed by atoms with Gasteiger partial charge in [-0.2, -0.15) is 0 Å². The zero-order chi connectivity index (χ0) is 26.7. The summed E-state index contributed by atoms with van der Waals surface area (Å²) in [5.41, 5.74) is 2.28. The minimum Gasteiger partial charge on any atom is -0.450 e. The quantitative estimate of drug-likeness (QED) is 0.275. The number of hydrogen-bond donors (Lipinski definition) is 1. The number of ether oxygens (including phenoxy) is 5. The van der Waals surface area contributed by atoms with Gasteiger partial charge in [0.05, 0.1) is 31.5 Å². The van der Waals surface area contributed by atoms with Gasteiger partial charge >= 0.3 is 5.97 Å². The van der Waals surface area contributed by atoms with Crippen LogP contribution >= 0.6 is 0 Å². The van der Waals surface area contributed by atoms with E-state index in [0.717, 1.165) is 11.1 Å². The van der Waals surface area contributed by atoms with E-state index in [2.05, 4.69) is 6.58 Å². The van der Waals surface area contributed by atoms with Crippen molar-refractivity contribution < 1.29 is 33.6 Å². The fourth-order valence-electron chi connectivity index (χ4n) is 4.12. The maximum absolute atomic E-state index is 13.0. The fraction of sp³-hybridized carbons (Fsp3) is 0.323. The first-order valence-corrected chi connectivity index (χ1v) is 12.7. The zero-order valence-electron chi connectivity index (χ0n) is 21.4. The normalized spacial score (nSPS) is 23.9. The second-order valence-electron chi connectivity index (χ2n) is 9.11. The van der Waals surface area contributed by atoms with Crippen LogP contribution in [-0.4, -0.2) is 54.5 Å². The summed E-state index contributed by atoms with van der Waals surface area (Å²) in [5, 5.41) is 11.4. The molecule has 0 saturated carbocycles. The number of aliphatic hydroxyl groups excluding tert-OH is 1. The summed E-state index contributed by atoms with van der Waals surface area (Å²) in [6.07, 6.45) is -3.74. The van der Waals surface area contributed by atoms with Gasteiger partial charge < -0.3 is 28.8 Å². The number of aliphatic hydroxyl groups is 1. The van der Waals surface area contributed by atoms with Gasteiger partial charge in [0.15, 0.2) is 12.4 Å². The average molecular weight is 519 g/mol. The molecule has 1 saturated heterocycles. The molecule has 4 rings (SSSR count). The van der Waals surface area contributed by atoms with Gasteiger partial charge in [0, 0.05) is 0 Å². The van der Waals surface area contributed by atoms with E-state index in [-0.39, 0.29) is 13.2 Å². The monoisotopic (exact) mass is 518 g/mol. The van der Waals surface area contributed by atoms with E-state index in [4.69, 9.17) is 23.7 Å². The molecule has 0 unspecified atom stereocenters. The maximum atomic E-state index is 13.0. The molecule has 0 aliphatic carbocycles. The van der Waals surface area contributed by atoms with Gasteiger partial charge in [-0.25, -0.2) is 4.79 Å². The summed E-state index contributed by atoms with van der Waals surface area (Å²) in [6.45, 7) is 6.22. The highest BCUT2D eigenvalue weighted by Gasteiger charge is 2.49. The second kappa shape index (κ2) is 14.0. The predicted octanol–water partition coefficient (Wildman–Crippen LogP) is 4.69. The van der Waals surface area contributed by atoms with Gasteiger partial charge in [-0.15, -0.1) is 6.58 Å². The van der Waals surface area contributed by atoms with Gasteiger partial charge in [-0.05, 0) is 30.2 Å². The van der Waals surface area contributed by atoms with Crippen LogP contribution in [0.4, 0.5) is 0 Å². The van der Waals surface area contributed by atoms with Crippen LogP contribution in [0, 0.1) is 0 Å². The van der Waals surface area contributed by atoms with Crippen molar-refractivity contribution in [1.29, 1.82) is 0 Å². The van der Waals surface area contributed by atoms with Crippen LogP contribution in [0.1, 0.15) is 28.4 Å². The van der Waals surface area contributed by atoms with Crippen molar-refractivity contribution in [3.63, 3.8) is 0 Å². The molecule has 3 aromatic rings. The lowest BCUT2D eigenvalue weighted by molar-refractivity contribution is -0.314. The highest BCUT2D eigenvalue weighted by Crippen LogP contribution is 2.30. The summed E-state index contributed by atoms with van der Waals surface area (Å²) < 4.78 is 30.2. The Labute approximate surface area is 223 Å². The summed E-state index contributed by atoms with van der Waals surface area (Å²) >= 11 is 0. The molecular weight excluding hydrogens is 484 g/mol. The molecule has 0 bridgehead atoms. The van der Waals surface area contributed by atoms with Crippen molar-refractivity contribution in [2.75, 3.05) is 6.61 Å². The molecule has 6 atom stereocenters. The molecule has 1 fully saturated rings. The van der Waals surface area contributed by atoms with Crippen molar-refractivity contribution in [1.82, 2.24) is 0 Å². The highest BCUT2D eigenvalue weighted by molar-refractivity contribution is 5.89. The van der Waals surface area contributed by atoms with Gasteiger partial charge in [0.2, 0.25) is 0 Å². The first-order chi connectivity index (χ1) is 18.5. The molecule has 1 heterocycles. The van der Waals surface area contributed by atoms with Crippen LogP contribution in [0.25, 0.3) is 0 Å². The SMILES string of the molecule is C=C[C@H](C)O[C@@H]1O[C@H](COCc2ccccc2)[C@@H](O)[C@H](OCc2ccccc2)[C@H]1OC(=O)c1ccccc1. The Morgan fingerprint density at radius 2 is 1.50 bits per heavy atom. The summed E-state index contributed by atoms with van der Waals surface area (Å²) in [6, 6.07) is 27.9. The van der Waals surface area contributed by atoms with E-state index in [1.165, 1.54) is 0 Å². The Kier molecular flexibility index (Phi) is 10.2. The fourth-order valence-corrected chi connectivity index (χ4v) is 4.12. The third-order valence-corrected chi connectivity index (χ3v) is 6.23. The van der Waals surface area contributed by atoms with E-state index in [0.29, 0.717) is 12.2 Å². The minimum atomic E-state index is -1.15. The van der Waals surface area contributed by atoms with Crippen LogP contribution < -0.4 is 0 Å². The van der Waals surface area contributed by atoms with E-state index in [1.807, 2.05) is 66.7 Å². The standard InChI is InChI=1S/C31H34O7/c1-3-22(2)36-31-29(38-30(33)25-17-11-6-12-18-25)28(35-20-24-15-9-5-10-16-24)27(32)26(37-31)21-34-19-23-13-7-4-8-14-23/h3-18,22,26-29,31-32H,1,19-21H2,2H3/t22-,26+,27+,28-,29+,31+/m0/s1. The van der Waals surface area contributed by atoms with Crippen molar-refractivity contribution in [2.24, 2.45) is 0 Å². The van der Waals surface area contributed by atoms with Crippen LogP contribution in [0.2, 0.25) is 0 Å². The molecule has 7 nitrogen and oxygen atoms in total. The smallest absolute Gasteiger partial charge is 0.338 e. The Morgan fingerprint density at radius 3 is 2.11 bits per heavy atom. The van der Waals surface area contributed by atoms with Gasteiger partial charge in [-0.1, -0.05) is 84.9 Å². The van der Waals surface area contributed by atoms with Gasteiger partial charge in [0.25, 0.3) is 0 Å². The molecule has 1 aliphatic rings. The van der Waals surface area contributed by atoms with Crippen molar-refractivity contribution in [2.45, 2.75) is 56.9 Å². The Bertz CT molecular complexity index is 1120. The molecule has 0 spiro atoms. The number of carbonyl (C=O) groups excluding carboxylic acids is 1. The molecule has 7 heteroatoms. The van der Waals surface area contributed by atoms with Gasteiger partial charge in [0.1, 0.15) is 18.3 Å². The van der Waals surface area contributed by atoms with Crippen molar-refractivity contribution >= 4 is 5.97 Å². The molecular formula is C31H34O7. The Morgan fingerprint density at radius 1 is 0.921 bits per heavy atom. The maximum Gasteiger partial charge on any atom is 0.338 e. The number of benzene rings is 3. The van der Waals surface area contributed by atoms with Crippen molar-refractivity contribution in [3.05, 3.63) is 120 Å². The summed E-state index contributed by atoms with van der Waals surface area (Å²) in [5.74, 6) is -0.571. The lowest BCUT2D eigenvalue weighted by atomic mass is 9.98. The second-order valence-corrected chi connectivity index (χ2v) is 9.11. The van der Waals surface area contributed by atoms with E-state index in [9.17, 15) is 9.90 Å². The molecule has 0 aromatic heterocycles. The molecule has 1 aliphatic heterocycles. The third kappa shape index (κ3) is 7.60. The number of carbonyl (C=O) groups is 1. The van der Waals surface area contributed by atoms with Crippen LogP contribution in [-0.2, 0) is 36.9 Å². The Balaban J connectivity index is 1.55. The summed E-state index contributed by atoms with van der Waals surface area (Å²) in [7, 11) is 0. The molecule has 0 radical (unpaired) electrons. The molecule has 0 amide bonds. The summed E-state index contributed by atoms with van der Waals surface area (Å²) in [4.78, 5) is 13.0. The van der Waals surface area contributed by atoms with Crippen LogP contribution in [0.5, 0.6) is 0 Å². The first kappa shape index (κ1) is 27.7. The molecule has 38 heavy (non-hydrogen) atoms. The molecule has 200 valence electrons. The van der Waals surface area contributed by atoms with E-state index < -0.39 is 42.8 Å². The zero-order valence-corrected chi connectivity index (χ0v) is 21.4. The molecule has 3 aromatic carbocycles. The predicted molar refractivity (Wildman–Crippen MR) is 142 cm³/mol. The number of hydrogen-bond acceptors (Lipinski definition) is 7.